The van der Waals surface area contributed by atoms with Crippen molar-refractivity contribution >= 4 is 22.6 Å². The first-order chi connectivity index (χ1) is 13.2. The summed E-state index contributed by atoms with van der Waals surface area (Å²) in [7, 11) is 0. The molecule has 0 unspecified atom stereocenters. The number of likely N-dealkylation sites (tertiary alicyclic amines) is 1. The summed E-state index contributed by atoms with van der Waals surface area (Å²) < 4.78 is 5.69. The van der Waals surface area contributed by atoms with E-state index in [4.69, 9.17) is 4.42 Å². The lowest BCUT2D eigenvalue weighted by molar-refractivity contribution is 0.0928. The Morgan fingerprint density at radius 3 is 2.52 bits per heavy atom. The molecule has 0 saturated carbocycles. The van der Waals surface area contributed by atoms with Gasteiger partial charge in [0.15, 0.2) is 5.76 Å². The zero-order valence-electron chi connectivity index (χ0n) is 15.4. The number of benzene rings is 2. The highest BCUT2D eigenvalue weighted by Crippen LogP contribution is 2.24. The number of para-hydroxylation sites is 1. The van der Waals surface area contributed by atoms with Crippen LogP contribution < -0.4 is 5.43 Å². The predicted octanol–water partition coefficient (Wildman–Crippen LogP) is 4.12. The van der Waals surface area contributed by atoms with E-state index in [-0.39, 0.29) is 5.91 Å². The molecule has 5 heteroatoms. The smallest absolute Gasteiger partial charge is 0.307 e. The third kappa shape index (κ3) is 3.93. The third-order valence-electron chi connectivity index (χ3n) is 5.05. The van der Waals surface area contributed by atoms with Crippen LogP contribution in [0.15, 0.2) is 64.1 Å². The monoisotopic (exact) mass is 361 g/mol. The summed E-state index contributed by atoms with van der Waals surface area (Å²) >= 11 is 0. The molecule has 1 fully saturated rings. The number of carbonyl (C=O) groups excluding carboxylic acids is 1. The lowest BCUT2D eigenvalue weighted by Gasteiger charge is -2.27. The quantitative estimate of drug-likeness (QED) is 0.711. The first kappa shape index (κ1) is 17.5. The average Bonchev–Trinajstić information content (AvgIpc) is 3.05. The second-order valence-electron chi connectivity index (χ2n) is 6.93. The molecular formula is C22H23N3O2. The third-order valence-corrected chi connectivity index (χ3v) is 5.05. The van der Waals surface area contributed by atoms with Gasteiger partial charge in [-0.25, -0.2) is 5.43 Å². The minimum Gasteiger partial charge on any atom is -0.451 e. The summed E-state index contributed by atoms with van der Waals surface area (Å²) in [6.07, 6.45) is 1.73. The number of carbonyl (C=O) groups is 1. The van der Waals surface area contributed by atoms with Crippen LogP contribution in [0, 0.1) is 6.92 Å². The summed E-state index contributed by atoms with van der Waals surface area (Å²) in [6.45, 7) is 4.76. The fourth-order valence-electron chi connectivity index (χ4n) is 3.49. The largest absolute Gasteiger partial charge is 0.451 e. The van der Waals surface area contributed by atoms with Crippen LogP contribution in [-0.2, 0) is 6.54 Å². The van der Waals surface area contributed by atoms with Crippen LogP contribution in [0.1, 0.15) is 34.5 Å². The minimum atomic E-state index is -0.289. The molecule has 0 atom stereocenters. The van der Waals surface area contributed by atoms with Crippen molar-refractivity contribution in [1.82, 2.24) is 10.3 Å². The molecule has 3 aromatic rings. The Balaban J connectivity index is 1.35. The molecule has 2 heterocycles. The highest BCUT2D eigenvalue weighted by molar-refractivity contribution is 5.99. The molecule has 4 rings (SSSR count). The van der Waals surface area contributed by atoms with Crippen molar-refractivity contribution in [3.63, 3.8) is 0 Å². The van der Waals surface area contributed by atoms with Crippen LogP contribution in [0.3, 0.4) is 0 Å². The van der Waals surface area contributed by atoms with Gasteiger partial charge in [-0.05, 0) is 18.6 Å². The van der Waals surface area contributed by atoms with Gasteiger partial charge < -0.3 is 4.42 Å². The molecule has 1 amide bonds. The first-order valence-electron chi connectivity index (χ1n) is 9.31. The van der Waals surface area contributed by atoms with Crippen LogP contribution in [0.2, 0.25) is 0 Å². The van der Waals surface area contributed by atoms with Crippen molar-refractivity contribution in [3.05, 3.63) is 71.5 Å². The summed E-state index contributed by atoms with van der Waals surface area (Å²) in [5.74, 6) is 0.0463. The fourth-order valence-corrected chi connectivity index (χ4v) is 3.49. The second kappa shape index (κ2) is 7.76. The van der Waals surface area contributed by atoms with Crippen LogP contribution in [0.4, 0.5) is 0 Å². The van der Waals surface area contributed by atoms with Gasteiger partial charge >= 0.3 is 5.91 Å². The lowest BCUT2D eigenvalue weighted by Crippen LogP contribution is -2.34. The van der Waals surface area contributed by atoms with E-state index < -0.39 is 0 Å². The molecule has 0 radical (unpaired) electrons. The van der Waals surface area contributed by atoms with Gasteiger partial charge in [0, 0.05) is 49.1 Å². The van der Waals surface area contributed by atoms with Crippen molar-refractivity contribution in [2.45, 2.75) is 26.3 Å². The lowest BCUT2D eigenvalue weighted by atomic mass is 10.1. The number of hydrogen-bond donors (Lipinski definition) is 1. The number of aryl methyl sites for hydroxylation is 1. The van der Waals surface area contributed by atoms with E-state index in [0.717, 1.165) is 54.7 Å². The SMILES string of the molecule is Cc1c(C(=O)NN=C2CCN(Cc3ccccc3)CC2)oc2ccccc12. The maximum atomic E-state index is 12.5. The van der Waals surface area contributed by atoms with E-state index in [2.05, 4.69) is 39.7 Å². The van der Waals surface area contributed by atoms with E-state index in [1.54, 1.807) is 0 Å². The van der Waals surface area contributed by atoms with Gasteiger partial charge in [-0.3, -0.25) is 9.69 Å². The summed E-state index contributed by atoms with van der Waals surface area (Å²) in [6, 6.07) is 18.2. The van der Waals surface area contributed by atoms with Gasteiger partial charge in [-0.1, -0.05) is 48.5 Å². The van der Waals surface area contributed by atoms with Gasteiger partial charge in [0.05, 0.1) is 0 Å². The van der Waals surface area contributed by atoms with Crippen LogP contribution in [-0.4, -0.2) is 29.6 Å². The highest BCUT2D eigenvalue weighted by Gasteiger charge is 2.19. The number of furan rings is 1. The number of amides is 1. The van der Waals surface area contributed by atoms with E-state index in [1.807, 2.05) is 37.3 Å². The van der Waals surface area contributed by atoms with Crippen molar-refractivity contribution in [2.24, 2.45) is 5.10 Å². The molecule has 27 heavy (non-hydrogen) atoms. The van der Waals surface area contributed by atoms with Gasteiger partial charge in [0.25, 0.3) is 0 Å². The Hall–Kier alpha value is -2.92. The Morgan fingerprint density at radius 2 is 1.78 bits per heavy atom. The maximum absolute atomic E-state index is 12.5. The van der Waals surface area contributed by atoms with Gasteiger partial charge in [0.1, 0.15) is 5.58 Å². The number of nitrogens with zero attached hydrogens (tertiary/aromatic N) is 2. The fraction of sp³-hybridized carbons (Fsp3) is 0.273. The van der Waals surface area contributed by atoms with Crippen molar-refractivity contribution in [1.29, 1.82) is 0 Å². The minimum absolute atomic E-state index is 0.289. The number of rotatable bonds is 4. The van der Waals surface area contributed by atoms with Crippen LogP contribution in [0.5, 0.6) is 0 Å². The van der Waals surface area contributed by atoms with E-state index in [1.165, 1.54) is 5.56 Å². The molecule has 1 saturated heterocycles. The molecule has 0 bridgehead atoms. The highest BCUT2D eigenvalue weighted by atomic mass is 16.3. The molecular weight excluding hydrogens is 338 g/mol. The Morgan fingerprint density at radius 1 is 1.07 bits per heavy atom. The molecule has 2 aromatic carbocycles. The van der Waals surface area contributed by atoms with Gasteiger partial charge in [0.2, 0.25) is 0 Å². The maximum Gasteiger partial charge on any atom is 0.307 e. The predicted molar refractivity (Wildman–Crippen MR) is 107 cm³/mol. The average molecular weight is 361 g/mol. The Labute approximate surface area is 158 Å². The number of hydrazone groups is 1. The summed E-state index contributed by atoms with van der Waals surface area (Å²) in [5.41, 5.74) is 6.60. The van der Waals surface area contributed by atoms with E-state index in [0.29, 0.717) is 5.76 Å². The van der Waals surface area contributed by atoms with Crippen molar-refractivity contribution in [2.75, 3.05) is 13.1 Å². The van der Waals surface area contributed by atoms with E-state index >= 15 is 0 Å². The molecule has 1 aliphatic rings. The number of piperidine rings is 1. The van der Waals surface area contributed by atoms with E-state index in [9.17, 15) is 4.79 Å². The normalized spacial score (nSPS) is 15.1. The molecule has 5 nitrogen and oxygen atoms in total. The van der Waals surface area contributed by atoms with Crippen LogP contribution in [0.25, 0.3) is 11.0 Å². The summed E-state index contributed by atoms with van der Waals surface area (Å²) in [4.78, 5) is 14.9. The Kier molecular flexibility index (Phi) is 5.03. The summed E-state index contributed by atoms with van der Waals surface area (Å²) in [5, 5.41) is 5.31. The Bertz CT molecular complexity index is 966. The number of hydrogen-bond acceptors (Lipinski definition) is 4. The molecule has 0 spiro atoms. The van der Waals surface area contributed by atoms with Crippen LogP contribution >= 0.6 is 0 Å². The standard InChI is InChI=1S/C22H23N3O2/c1-16-19-9-5-6-10-20(19)27-21(16)22(26)24-23-18-11-13-25(14-12-18)15-17-7-3-2-4-8-17/h2-10H,11-15H2,1H3,(H,24,26). The van der Waals surface area contributed by atoms with Gasteiger partial charge in [-0.15, -0.1) is 0 Å². The molecule has 1 N–H and O–H groups in total. The van der Waals surface area contributed by atoms with Crippen molar-refractivity contribution in [3.8, 4) is 0 Å². The van der Waals surface area contributed by atoms with Gasteiger partial charge in [-0.2, -0.15) is 5.10 Å². The number of nitrogens with one attached hydrogen (secondary N) is 1. The van der Waals surface area contributed by atoms with Crippen molar-refractivity contribution < 1.29 is 9.21 Å². The molecule has 1 aromatic heterocycles. The first-order valence-corrected chi connectivity index (χ1v) is 9.31. The number of fused-ring (bicyclic) bond motifs is 1. The zero-order valence-corrected chi connectivity index (χ0v) is 15.4. The zero-order chi connectivity index (χ0) is 18.6. The topological polar surface area (TPSA) is 57.8 Å². The molecule has 0 aliphatic carbocycles. The molecule has 1 aliphatic heterocycles. The molecule has 138 valence electrons. The second-order valence-corrected chi connectivity index (χ2v) is 6.93.